The summed E-state index contributed by atoms with van der Waals surface area (Å²) in [5, 5.41) is 9.60. The summed E-state index contributed by atoms with van der Waals surface area (Å²) in [7, 11) is 0. The number of nitrogens with one attached hydrogen (secondary N) is 1. The summed E-state index contributed by atoms with van der Waals surface area (Å²) in [6, 6.07) is 5.15. The van der Waals surface area contributed by atoms with Gasteiger partial charge in [0, 0.05) is 11.9 Å². The van der Waals surface area contributed by atoms with Gasteiger partial charge in [-0.05, 0) is 30.3 Å². The largest absolute Gasteiger partial charge is 0.573 e. The first-order chi connectivity index (χ1) is 13.9. The van der Waals surface area contributed by atoms with Gasteiger partial charge in [0.15, 0.2) is 10.8 Å². The molecule has 6 nitrogen and oxygen atoms in total. The Hall–Kier alpha value is -2.67. The number of aromatic nitrogens is 3. The summed E-state index contributed by atoms with van der Waals surface area (Å²) in [4.78, 5) is 12.0. The Bertz CT molecular complexity index is 1070. The number of fused-ring (bicyclic) bond motifs is 1. The number of thioether (sulfide) groups is 1. The van der Waals surface area contributed by atoms with Crippen LogP contribution in [-0.4, -0.2) is 32.6 Å². The van der Waals surface area contributed by atoms with Crippen molar-refractivity contribution in [1.29, 1.82) is 0 Å². The quantitative estimate of drug-likeness (QED) is 0.418. The second-order valence-electron chi connectivity index (χ2n) is 5.66. The van der Waals surface area contributed by atoms with E-state index in [-0.39, 0.29) is 27.3 Å². The number of ether oxygens (including phenoxy) is 1. The summed E-state index contributed by atoms with van der Waals surface area (Å²) in [6.45, 7) is 0. The summed E-state index contributed by atoms with van der Waals surface area (Å²) in [5.41, 5.74) is -0.816. The summed E-state index contributed by atoms with van der Waals surface area (Å²) >= 11 is 6.61. The molecular weight excluding hydrogens is 462 g/mol. The second-order valence-corrected chi connectivity index (χ2v) is 7.01. The number of pyridine rings is 1. The Morgan fingerprint density at radius 1 is 1.13 bits per heavy atom. The van der Waals surface area contributed by atoms with Gasteiger partial charge >= 0.3 is 12.5 Å². The molecule has 0 spiro atoms. The van der Waals surface area contributed by atoms with E-state index in [1.807, 2.05) is 0 Å². The minimum Gasteiger partial charge on any atom is -0.406 e. The minimum atomic E-state index is -4.84. The standard InChI is InChI=1S/C16H9ClF6N4O2S/c17-11-5-8(15(18,19)20)6-27-13(11)25-26-14(27)30-7-12(28)24-9-1-3-10(4-2-9)29-16(21,22)23/h1-6H,7H2,(H,24,28). The lowest BCUT2D eigenvalue weighted by Gasteiger charge is -2.10. The number of alkyl halides is 6. The molecule has 2 heterocycles. The van der Waals surface area contributed by atoms with Gasteiger partial charge in [-0.1, -0.05) is 23.4 Å². The Morgan fingerprint density at radius 2 is 1.80 bits per heavy atom. The van der Waals surface area contributed by atoms with Gasteiger partial charge in [0.25, 0.3) is 0 Å². The van der Waals surface area contributed by atoms with E-state index in [2.05, 4.69) is 20.3 Å². The van der Waals surface area contributed by atoms with E-state index in [1.54, 1.807) is 0 Å². The molecule has 1 aromatic carbocycles. The average Bonchev–Trinajstić information content (AvgIpc) is 3.03. The van der Waals surface area contributed by atoms with Gasteiger partial charge in [0.05, 0.1) is 16.3 Å². The van der Waals surface area contributed by atoms with E-state index >= 15 is 0 Å². The van der Waals surface area contributed by atoms with Gasteiger partial charge in [-0.15, -0.1) is 23.4 Å². The van der Waals surface area contributed by atoms with Crippen LogP contribution in [0.4, 0.5) is 32.0 Å². The van der Waals surface area contributed by atoms with Crippen molar-refractivity contribution in [2.24, 2.45) is 0 Å². The molecule has 1 N–H and O–H groups in total. The first kappa shape index (κ1) is 22.0. The molecule has 0 saturated carbocycles. The number of carbonyl (C=O) groups is 1. The van der Waals surface area contributed by atoms with E-state index in [4.69, 9.17) is 11.6 Å². The van der Waals surface area contributed by atoms with E-state index in [0.717, 1.165) is 40.6 Å². The highest BCUT2D eigenvalue weighted by Gasteiger charge is 2.32. The normalized spacial score (nSPS) is 12.2. The third-order valence-corrected chi connectivity index (χ3v) is 4.68. The zero-order valence-corrected chi connectivity index (χ0v) is 16.0. The van der Waals surface area contributed by atoms with Crippen molar-refractivity contribution in [3.63, 3.8) is 0 Å². The highest BCUT2D eigenvalue weighted by molar-refractivity contribution is 7.99. The maximum atomic E-state index is 13.0. The maximum Gasteiger partial charge on any atom is 0.573 e. The molecular formula is C16H9ClF6N4O2S. The molecule has 0 fully saturated rings. The summed E-state index contributed by atoms with van der Waals surface area (Å²) < 4.78 is 80.0. The topological polar surface area (TPSA) is 68.5 Å². The van der Waals surface area contributed by atoms with Crippen LogP contribution in [0.5, 0.6) is 5.75 Å². The first-order valence-corrected chi connectivity index (χ1v) is 9.19. The molecule has 3 rings (SSSR count). The highest BCUT2D eigenvalue weighted by atomic mass is 35.5. The smallest absolute Gasteiger partial charge is 0.406 e. The summed E-state index contributed by atoms with van der Waals surface area (Å²) in [5.74, 6) is -1.28. The molecule has 30 heavy (non-hydrogen) atoms. The molecule has 0 atom stereocenters. The van der Waals surface area contributed by atoms with E-state index in [0.29, 0.717) is 0 Å². The predicted molar refractivity (Wildman–Crippen MR) is 95.5 cm³/mol. The molecule has 1 amide bonds. The van der Waals surface area contributed by atoms with Crippen molar-refractivity contribution in [3.05, 3.63) is 47.1 Å². The Morgan fingerprint density at radius 3 is 2.40 bits per heavy atom. The fraction of sp³-hybridized carbons (Fsp3) is 0.188. The van der Waals surface area contributed by atoms with Crippen molar-refractivity contribution in [1.82, 2.24) is 14.6 Å². The number of hydrogen-bond acceptors (Lipinski definition) is 5. The van der Waals surface area contributed by atoms with Gasteiger partial charge in [0.2, 0.25) is 5.91 Å². The molecule has 0 aliphatic rings. The van der Waals surface area contributed by atoms with Crippen molar-refractivity contribution < 1.29 is 35.9 Å². The fourth-order valence-corrected chi connectivity index (χ4v) is 3.21. The molecule has 0 aliphatic carbocycles. The average molecular weight is 471 g/mol. The van der Waals surface area contributed by atoms with Crippen LogP contribution in [0.2, 0.25) is 5.02 Å². The third-order valence-electron chi connectivity index (χ3n) is 3.46. The molecule has 14 heteroatoms. The highest BCUT2D eigenvalue weighted by Crippen LogP contribution is 2.33. The van der Waals surface area contributed by atoms with Gasteiger partial charge in [-0.2, -0.15) is 13.2 Å². The number of nitrogens with zero attached hydrogens (tertiary/aromatic N) is 3. The predicted octanol–water partition coefficient (Wildman–Crippen LogP) is 5.03. The number of halogens is 7. The van der Waals surface area contributed by atoms with Gasteiger partial charge in [-0.3, -0.25) is 9.20 Å². The van der Waals surface area contributed by atoms with Crippen molar-refractivity contribution >= 4 is 40.6 Å². The van der Waals surface area contributed by atoms with Crippen LogP contribution in [0.25, 0.3) is 5.65 Å². The molecule has 0 unspecified atom stereocenters. The minimum absolute atomic E-state index is 0.00192. The molecule has 3 aromatic rings. The van der Waals surface area contributed by atoms with Crippen LogP contribution >= 0.6 is 23.4 Å². The lowest BCUT2D eigenvalue weighted by Crippen LogP contribution is -2.17. The van der Waals surface area contributed by atoms with Gasteiger partial charge in [-0.25, -0.2) is 0 Å². The van der Waals surface area contributed by atoms with E-state index < -0.39 is 29.8 Å². The lowest BCUT2D eigenvalue weighted by atomic mass is 10.3. The monoisotopic (exact) mass is 470 g/mol. The molecule has 0 aliphatic heterocycles. The molecule has 0 radical (unpaired) electrons. The van der Waals surface area contributed by atoms with Crippen LogP contribution in [0, 0.1) is 0 Å². The Balaban J connectivity index is 1.66. The second kappa shape index (κ2) is 8.22. The number of hydrogen-bond donors (Lipinski definition) is 1. The van der Waals surface area contributed by atoms with Crippen molar-refractivity contribution in [2.75, 3.05) is 11.1 Å². The maximum absolute atomic E-state index is 13.0. The van der Waals surface area contributed by atoms with Gasteiger partial charge < -0.3 is 10.1 Å². The fourth-order valence-electron chi connectivity index (χ4n) is 2.25. The summed E-state index contributed by atoms with van der Waals surface area (Å²) in [6.07, 6.45) is -8.71. The van der Waals surface area contributed by atoms with Crippen molar-refractivity contribution in [3.8, 4) is 5.75 Å². The zero-order valence-electron chi connectivity index (χ0n) is 14.4. The van der Waals surface area contributed by atoms with Crippen LogP contribution in [0.15, 0.2) is 41.7 Å². The number of rotatable bonds is 5. The Kier molecular flexibility index (Phi) is 6.04. The molecule has 2 aromatic heterocycles. The molecule has 0 bridgehead atoms. The number of benzene rings is 1. The van der Waals surface area contributed by atoms with Crippen LogP contribution in [0.3, 0.4) is 0 Å². The van der Waals surface area contributed by atoms with Crippen LogP contribution in [-0.2, 0) is 11.0 Å². The van der Waals surface area contributed by atoms with Crippen molar-refractivity contribution in [2.45, 2.75) is 17.7 Å². The van der Waals surface area contributed by atoms with Crippen LogP contribution < -0.4 is 10.1 Å². The lowest BCUT2D eigenvalue weighted by molar-refractivity contribution is -0.274. The third kappa shape index (κ3) is 5.48. The molecule has 0 saturated heterocycles. The Labute approximate surface area is 173 Å². The van der Waals surface area contributed by atoms with Gasteiger partial charge in [0.1, 0.15) is 5.75 Å². The first-order valence-electron chi connectivity index (χ1n) is 7.82. The van der Waals surface area contributed by atoms with E-state index in [9.17, 15) is 31.1 Å². The number of carbonyl (C=O) groups excluding carboxylic acids is 1. The molecule has 160 valence electrons. The van der Waals surface area contributed by atoms with E-state index in [1.165, 1.54) is 12.1 Å². The number of amides is 1. The SMILES string of the molecule is O=C(CSc1nnc2c(Cl)cc(C(F)(F)F)cn12)Nc1ccc(OC(F)(F)F)cc1. The zero-order chi connectivity index (χ0) is 22.1. The van der Waals surface area contributed by atoms with Crippen LogP contribution in [0.1, 0.15) is 5.56 Å². The number of anilines is 1.